The van der Waals surface area contributed by atoms with E-state index in [-0.39, 0.29) is 25.6 Å². The lowest BCUT2D eigenvalue weighted by Crippen LogP contribution is -2.34. The smallest absolute Gasteiger partial charge is 0.338 e. The molecule has 0 aromatic heterocycles. The summed E-state index contributed by atoms with van der Waals surface area (Å²) in [5.74, 6) is -1.67. The van der Waals surface area contributed by atoms with Gasteiger partial charge in [0.25, 0.3) is 5.91 Å². The molecule has 1 aromatic rings. The summed E-state index contributed by atoms with van der Waals surface area (Å²) in [5, 5.41) is 0. The number of rotatable bonds is 4. The Bertz CT molecular complexity index is 479. The minimum atomic E-state index is -2.97. The molecule has 1 heterocycles. The van der Waals surface area contributed by atoms with E-state index < -0.39 is 18.3 Å². The Labute approximate surface area is 115 Å². The highest BCUT2D eigenvalue weighted by atomic mass is 19.3. The van der Waals surface area contributed by atoms with Gasteiger partial charge in [-0.05, 0) is 18.6 Å². The Morgan fingerprint density at radius 1 is 1.30 bits per heavy atom. The predicted molar refractivity (Wildman–Crippen MR) is 67.4 cm³/mol. The molecule has 1 fully saturated rings. The van der Waals surface area contributed by atoms with Crippen LogP contribution >= 0.6 is 0 Å². The van der Waals surface area contributed by atoms with Gasteiger partial charge in [0.2, 0.25) is 0 Å². The van der Waals surface area contributed by atoms with Crippen LogP contribution in [0.4, 0.5) is 8.78 Å². The van der Waals surface area contributed by atoms with Crippen LogP contribution in [0, 0.1) is 5.92 Å². The molecule has 6 heteroatoms. The van der Waals surface area contributed by atoms with Gasteiger partial charge in [0.15, 0.2) is 0 Å². The number of carbonyl (C=O) groups is 2. The van der Waals surface area contributed by atoms with Gasteiger partial charge in [-0.1, -0.05) is 18.2 Å². The number of nitrogens with zero attached hydrogens (tertiary/aromatic N) is 1. The van der Waals surface area contributed by atoms with Crippen molar-refractivity contribution in [1.82, 2.24) is 4.90 Å². The fourth-order valence-electron chi connectivity index (χ4n) is 2.16. The summed E-state index contributed by atoms with van der Waals surface area (Å²) in [6, 6.07) is 8.54. The third-order valence-corrected chi connectivity index (χ3v) is 3.24. The maximum absolute atomic E-state index is 12.3. The van der Waals surface area contributed by atoms with Gasteiger partial charge < -0.3 is 9.64 Å². The number of halogens is 2. The van der Waals surface area contributed by atoms with Crippen molar-refractivity contribution in [3.05, 3.63) is 35.9 Å². The van der Waals surface area contributed by atoms with Crippen LogP contribution in [0.1, 0.15) is 16.8 Å². The second kappa shape index (κ2) is 6.45. The van der Waals surface area contributed by atoms with Crippen LogP contribution in [0.5, 0.6) is 0 Å². The minimum absolute atomic E-state index is 0.0784. The zero-order chi connectivity index (χ0) is 14.5. The number of hydrogen-bond acceptors (Lipinski definition) is 3. The Kier molecular flexibility index (Phi) is 4.65. The maximum atomic E-state index is 12.3. The van der Waals surface area contributed by atoms with Gasteiger partial charge in [-0.15, -0.1) is 0 Å². The van der Waals surface area contributed by atoms with Crippen LogP contribution in [-0.4, -0.2) is 42.9 Å². The Morgan fingerprint density at radius 3 is 2.65 bits per heavy atom. The van der Waals surface area contributed by atoms with E-state index in [1.165, 1.54) is 0 Å². The summed E-state index contributed by atoms with van der Waals surface area (Å²) in [6.45, 7) is 0.642. The van der Waals surface area contributed by atoms with Crippen molar-refractivity contribution in [2.75, 3.05) is 19.7 Å². The zero-order valence-electron chi connectivity index (χ0n) is 10.8. The molecule has 0 unspecified atom stereocenters. The summed E-state index contributed by atoms with van der Waals surface area (Å²) in [7, 11) is 0. The average molecular weight is 283 g/mol. The SMILES string of the molecule is O=C(OC[C@H]1CCN(C(=O)C(F)F)C1)c1ccccc1. The third-order valence-electron chi connectivity index (χ3n) is 3.24. The largest absolute Gasteiger partial charge is 0.462 e. The number of esters is 1. The summed E-state index contributed by atoms with van der Waals surface area (Å²) >= 11 is 0. The first-order chi connectivity index (χ1) is 9.58. The Balaban J connectivity index is 1.79. The first kappa shape index (κ1) is 14.4. The van der Waals surface area contributed by atoms with Crippen molar-refractivity contribution in [2.45, 2.75) is 12.8 Å². The first-order valence-electron chi connectivity index (χ1n) is 6.37. The lowest BCUT2D eigenvalue weighted by atomic mass is 10.1. The number of ether oxygens (including phenoxy) is 1. The fourth-order valence-corrected chi connectivity index (χ4v) is 2.16. The minimum Gasteiger partial charge on any atom is -0.462 e. The Morgan fingerprint density at radius 2 is 2.00 bits per heavy atom. The van der Waals surface area contributed by atoms with Crippen molar-refractivity contribution in [3.63, 3.8) is 0 Å². The van der Waals surface area contributed by atoms with Gasteiger partial charge in [-0.25, -0.2) is 4.79 Å². The standard InChI is InChI=1S/C14H15F2NO3/c15-12(16)13(18)17-7-6-10(8-17)9-20-14(19)11-4-2-1-3-5-11/h1-5,10,12H,6-9H2/t10-/m0/s1. The van der Waals surface area contributed by atoms with Crippen molar-refractivity contribution < 1.29 is 23.1 Å². The van der Waals surface area contributed by atoms with E-state index in [0.717, 1.165) is 4.90 Å². The number of benzene rings is 1. The molecule has 0 radical (unpaired) electrons. The number of alkyl halides is 2. The van der Waals surface area contributed by atoms with Gasteiger partial charge in [0.05, 0.1) is 12.2 Å². The Hall–Kier alpha value is -1.98. The van der Waals surface area contributed by atoms with Gasteiger partial charge >= 0.3 is 12.4 Å². The summed E-state index contributed by atoms with van der Waals surface area (Å²) in [5.41, 5.74) is 0.450. The number of likely N-dealkylation sites (tertiary alicyclic amines) is 1. The van der Waals surface area contributed by atoms with Crippen LogP contribution in [0.3, 0.4) is 0 Å². The van der Waals surface area contributed by atoms with E-state index in [1.807, 2.05) is 0 Å². The number of amides is 1. The van der Waals surface area contributed by atoms with E-state index in [4.69, 9.17) is 4.74 Å². The van der Waals surface area contributed by atoms with Gasteiger partial charge in [0, 0.05) is 19.0 Å². The summed E-state index contributed by atoms with van der Waals surface area (Å²) in [6.07, 6.45) is -2.40. The van der Waals surface area contributed by atoms with E-state index in [1.54, 1.807) is 30.3 Å². The van der Waals surface area contributed by atoms with Crippen LogP contribution in [-0.2, 0) is 9.53 Å². The molecule has 1 saturated heterocycles. The van der Waals surface area contributed by atoms with E-state index in [9.17, 15) is 18.4 Å². The highest BCUT2D eigenvalue weighted by molar-refractivity contribution is 5.89. The van der Waals surface area contributed by atoms with Gasteiger partial charge in [0.1, 0.15) is 0 Å². The highest BCUT2D eigenvalue weighted by Gasteiger charge is 2.31. The van der Waals surface area contributed by atoms with Gasteiger partial charge in [-0.2, -0.15) is 8.78 Å². The van der Waals surface area contributed by atoms with Crippen LogP contribution < -0.4 is 0 Å². The molecule has 0 bridgehead atoms. The normalized spacial score (nSPS) is 18.4. The maximum Gasteiger partial charge on any atom is 0.338 e. The quantitative estimate of drug-likeness (QED) is 0.794. The predicted octanol–water partition coefficient (Wildman–Crippen LogP) is 1.96. The molecular formula is C14H15F2NO3. The molecule has 1 aliphatic rings. The van der Waals surface area contributed by atoms with Crippen molar-refractivity contribution in [1.29, 1.82) is 0 Å². The second-order valence-electron chi connectivity index (χ2n) is 4.70. The van der Waals surface area contributed by atoms with Crippen LogP contribution in [0.25, 0.3) is 0 Å². The molecule has 20 heavy (non-hydrogen) atoms. The average Bonchev–Trinajstić information content (AvgIpc) is 2.93. The molecule has 0 saturated carbocycles. The molecule has 108 valence electrons. The third kappa shape index (κ3) is 3.53. The van der Waals surface area contributed by atoms with Crippen LogP contribution in [0.15, 0.2) is 30.3 Å². The monoisotopic (exact) mass is 283 g/mol. The van der Waals surface area contributed by atoms with Crippen molar-refractivity contribution in [3.8, 4) is 0 Å². The lowest BCUT2D eigenvalue weighted by molar-refractivity contribution is -0.141. The molecule has 0 spiro atoms. The molecule has 4 nitrogen and oxygen atoms in total. The molecule has 2 rings (SSSR count). The second-order valence-corrected chi connectivity index (χ2v) is 4.70. The molecular weight excluding hydrogens is 268 g/mol. The molecule has 0 aliphatic carbocycles. The summed E-state index contributed by atoms with van der Waals surface area (Å²) in [4.78, 5) is 23.9. The molecule has 1 atom stereocenters. The van der Waals surface area contributed by atoms with Crippen LogP contribution in [0.2, 0.25) is 0 Å². The first-order valence-corrected chi connectivity index (χ1v) is 6.37. The van der Waals surface area contributed by atoms with Crippen molar-refractivity contribution >= 4 is 11.9 Å². The number of carbonyl (C=O) groups excluding carboxylic acids is 2. The topological polar surface area (TPSA) is 46.6 Å². The van der Waals surface area contributed by atoms with E-state index in [2.05, 4.69) is 0 Å². The van der Waals surface area contributed by atoms with Gasteiger partial charge in [-0.3, -0.25) is 4.79 Å². The molecule has 0 N–H and O–H groups in total. The summed E-state index contributed by atoms with van der Waals surface area (Å²) < 4.78 is 29.7. The molecule has 1 amide bonds. The lowest BCUT2D eigenvalue weighted by Gasteiger charge is -2.15. The van der Waals surface area contributed by atoms with E-state index >= 15 is 0 Å². The molecule has 1 aromatic carbocycles. The zero-order valence-corrected chi connectivity index (χ0v) is 10.8. The van der Waals surface area contributed by atoms with Crippen molar-refractivity contribution in [2.24, 2.45) is 5.92 Å². The highest BCUT2D eigenvalue weighted by Crippen LogP contribution is 2.18. The fraction of sp³-hybridized carbons (Fsp3) is 0.429. The number of hydrogen-bond donors (Lipinski definition) is 0. The molecule has 1 aliphatic heterocycles. The van der Waals surface area contributed by atoms with E-state index in [0.29, 0.717) is 12.0 Å².